The average Bonchev–Trinajstić information content (AvgIpc) is 2.43. The number of rotatable bonds is 3. The molecule has 0 spiro atoms. The summed E-state index contributed by atoms with van der Waals surface area (Å²) in [6, 6.07) is 4.41. The second-order valence-electron chi connectivity index (χ2n) is 6.35. The third-order valence-corrected chi connectivity index (χ3v) is 4.63. The Bertz CT molecular complexity index is 472. The molecule has 1 saturated heterocycles. The highest BCUT2D eigenvalue weighted by Crippen LogP contribution is 2.34. The second-order valence-corrected chi connectivity index (χ2v) is 6.35. The minimum atomic E-state index is -0.108. The Morgan fingerprint density at radius 1 is 1.30 bits per heavy atom. The molecule has 1 heterocycles. The number of aryl methyl sites for hydroxylation is 1. The van der Waals surface area contributed by atoms with E-state index in [2.05, 4.69) is 31.0 Å². The molecule has 3 unspecified atom stereocenters. The van der Waals surface area contributed by atoms with Crippen molar-refractivity contribution >= 4 is 5.69 Å². The van der Waals surface area contributed by atoms with E-state index in [4.69, 9.17) is 0 Å². The van der Waals surface area contributed by atoms with Gasteiger partial charge in [-0.3, -0.25) is 0 Å². The first-order valence-electron chi connectivity index (χ1n) is 7.68. The van der Waals surface area contributed by atoms with Gasteiger partial charge in [-0.1, -0.05) is 6.92 Å². The lowest BCUT2D eigenvalue weighted by Crippen LogP contribution is -2.42. The van der Waals surface area contributed by atoms with Crippen LogP contribution < -0.4 is 10.2 Å². The smallest absolute Gasteiger partial charge is 0.126 e. The van der Waals surface area contributed by atoms with E-state index >= 15 is 0 Å². The SMILES string of the molecule is CNC(C)c1cc(F)c(C)cc1N1CC(C)CCC1C. The summed E-state index contributed by atoms with van der Waals surface area (Å²) in [4.78, 5) is 2.46. The summed E-state index contributed by atoms with van der Waals surface area (Å²) in [6.45, 7) is 9.58. The van der Waals surface area contributed by atoms with E-state index in [0.717, 1.165) is 17.7 Å². The molecule has 0 amide bonds. The van der Waals surface area contributed by atoms with Crippen LogP contribution in [0.2, 0.25) is 0 Å². The summed E-state index contributed by atoms with van der Waals surface area (Å²) in [6.07, 6.45) is 2.50. The molecule has 0 saturated carbocycles. The van der Waals surface area contributed by atoms with Crippen molar-refractivity contribution in [2.24, 2.45) is 5.92 Å². The second kappa shape index (κ2) is 6.13. The molecule has 1 aliphatic heterocycles. The van der Waals surface area contributed by atoms with Gasteiger partial charge < -0.3 is 10.2 Å². The topological polar surface area (TPSA) is 15.3 Å². The van der Waals surface area contributed by atoms with Gasteiger partial charge in [0.15, 0.2) is 0 Å². The van der Waals surface area contributed by atoms with Crippen LogP contribution in [0, 0.1) is 18.7 Å². The molecule has 0 radical (unpaired) electrons. The Kier molecular flexibility index (Phi) is 4.69. The molecule has 1 aromatic rings. The van der Waals surface area contributed by atoms with Gasteiger partial charge in [0.05, 0.1) is 0 Å². The quantitative estimate of drug-likeness (QED) is 0.897. The van der Waals surface area contributed by atoms with Gasteiger partial charge in [0.2, 0.25) is 0 Å². The Morgan fingerprint density at radius 3 is 2.65 bits per heavy atom. The number of nitrogens with zero attached hydrogens (tertiary/aromatic N) is 1. The molecule has 3 atom stereocenters. The van der Waals surface area contributed by atoms with Crippen molar-refractivity contribution in [2.45, 2.75) is 52.6 Å². The number of hydrogen-bond acceptors (Lipinski definition) is 2. The van der Waals surface area contributed by atoms with Crippen LogP contribution in [0.4, 0.5) is 10.1 Å². The van der Waals surface area contributed by atoms with Crippen LogP contribution in [0.5, 0.6) is 0 Å². The summed E-state index contributed by atoms with van der Waals surface area (Å²) in [5.41, 5.74) is 3.00. The highest BCUT2D eigenvalue weighted by molar-refractivity contribution is 5.58. The summed E-state index contributed by atoms with van der Waals surface area (Å²) in [5, 5.41) is 3.24. The molecule has 3 heteroatoms. The molecular formula is C17H27FN2. The fraction of sp³-hybridized carbons (Fsp3) is 0.647. The molecule has 2 rings (SSSR count). The fourth-order valence-corrected chi connectivity index (χ4v) is 3.06. The van der Waals surface area contributed by atoms with E-state index < -0.39 is 0 Å². The number of anilines is 1. The Balaban J connectivity index is 2.45. The van der Waals surface area contributed by atoms with Crippen LogP contribution in [-0.2, 0) is 0 Å². The van der Waals surface area contributed by atoms with Gasteiger partial charge in [0.1, 0.15) is 5.82 Å². The molecule has 20 heavy (non-hydrogen) atoms. The van der Waals surface area contributed by atoms with Crippen molar-refractivity contribution in [3.8, 4) is 0 Å². The summed E-state index contributed by atoms with van der Waals surface area (Å²) in [7, 11) is 1.93. The van der Waals surface area contributed by atoms with E-state index in [9.17, 15) is 4.39 Å². The minimum absolute atomic E-state index is 0.108. The van der Waals surface area contributed by atoms with Crippen molar-refractivity contribution in [1.29, 1.82) is 0 Å². The lowest BCUT2D eigenvalue weighted by Gasteiger charge is -2.40. The van der Waals surface area contributed by atoms with Crippen LogP contribution >= 0.6 is 0 Å². The zero-order valence-electron chi connectivity index (χ0n) is 13.3. The first-order chi connectivity index (χ1) is 9.43. The maximum absolute atomic E-state index is 14.0. The number of halogens is 1. The van der Waals surface area contributed by atoms with Gasteiger partial charge in [-0.25, -0.2) is 4.39 Å². The highest BCUT2D eigenvalue weighted by atomic mass is 19.1. The predicted octanol–water partition coefficient (Wildman–Crippen LogP) is 4.04. The molecule has 0 aromatic heterocycles. The predicted molar refractivity (Wildman–Crippen MR) is 83.8 cm³/mol. The third kappa shape index (κ3) is 2.98. The maximum Gasteiger partial charge on any atom is 0.126 e. The van der Waals surface area contributed by atoms with Crippen LogP contribution in [0.3, 0.4) is 0 Å². The monoisotopic (exact) mass is 278 g/mol. The Hall–Kier alpha value is -1.09. The van der Waals surface area contributed by atoms with E-state index in [1.165, 1.54) is 18.5 Å². The first kappa shape index (κ1) is 15.3. The van der Waals surface area contributed by atoms with E-state index in [0.29, 0.717) is 12.0 Å². The van der Waals surface area contributed by atoms with Crippen molar-refractivity contribution in [3.05, 3.63) is 29.1 Å². The van der Waals surface area contributed by atoms with Crippen LogP contribution in [0.1, 0.15) is 50.8 Å². The number of hydrogen-bond donors (Lipinski definition) is 1. The largest absolute Gasteiger partial charge is 0.368 e. The number of nitrogens with one attached hydrogen (secondary N) is 1. The molecule has 1 aromatic carbocycles. The number of benzene rings is 1. The lowest BCUT2D eigenvalue weighted by atomic mass is 9.92. The van der Waals surface area contributed by atoms with Crippen molar-refractivity contribution in [1.82, 2.24) is 5.32 Å². The summed E-state index contributed by atoms with van der Waals surface area (Å²) < 4.78 is 14.0. The molecule has 112 valence electrons. The van der Waals surface area contributed by atoms with E-state index in [-0.39, 0.29) is 11.9 Å². The van der Waals surface area contributed by atoms with Crippen molar-refractivity contribution in [3.63, 3.8) is 0 Å². The van der Waals surface area contributed by atoms with Gasteiger partial charge >= 0.3 is 0 Å². The minimum Gasteiger partial charge on any atom is -0.368 e. The molecule has 0 aliphatic carbocycles. The Labute approximate surface area is 122 Å². The van der Waals surface area contributed by atoms with Crippen LogP contribution in [0.25, 0.3) is 0 Å². The van der Waals surface area contributed by atoms with E-state index in [1.54, 1.807) is 6.07 Å². The maximum atomic E-state index is 14.0. The van der Waals surface area contributed by atoms with Gasteiger partial charge in [-0.05, 0) is 69.8 Å². The van der Waals surface area contributed by atoms with E-state index in [1.807, 2.05) is 20.0 Å². The third-order valence-electron chi connectivity index (χ3n) is 4.63. The summed E-state index contributed by atoms with van der Waals surface area (Å²) in [5.74, 6) is 0.595. The van der Waals surface area contributed by atoms with Gasteiger partial charge in [0, 0.05) is 24.3 Å². The lowest BCUT2D eigenvalue weighted by molar-refractivity contribution is 0.389. The Morgan fingerprint density at radius 2 is 2.00 bits per heavy atom. The molecular weight excluding hydrogens is 251 g/mol. The normalized spacial score (nSPS) is 24.8. The first-order valence-corrected chi connectivity index (χ1v) is 7.68. The average molecular weight is 278 g/mol. The number of piperidine rings is 1. The van der Waals surface area contributed by atoms with Gasteiger partial charge in [-0.15, -0.1) is 0 Å². The molecule has 1 fully saturated rings. The highest BCUT2D eigenvalue weighted by Gasteiger charge is 2.26. The van der Waals surface area contributed by atoms with Gasteiger partial charge in [0.25, 0.3) is 0 Å². The van der Waals surface area contributed by atoms with Crippen LogP contribution in [0.15, 0.2) is 12.1 Å². The molecule has 1 aliphatic rings. The molecule has 0 bridgehead atoms. The summed E-state index contributed by atoms with van der Waals surface area (Å²) >= 11 is 0. The fourth-order valence-electron chi connectivity index (χ4n) is 3.06. The standard InChI is InChI=1S/C17H27FN2/c1-11-6-7-13(3)20(10-11)17-8-12(2)16(18)9-15(17)14(4)19-5/h8-9,11,13-14,19H,6-7,10H2,1-5H3. The van der Waals surface area contributed by atoms with Crippen LogP contribution in [-0.4, -0.2) is 19.6 Å². The molecule has 1 N–H and O–H groups in total. The van der Waals surface area contributed by atoms with Crippen molar-refractivity contribution in [2.75, 3.05) is 18.5 Å². The molecule has 2 nitrogen and oxygen atoms in total. The van der Waals surface area contributed by atoms with Crippen molar-refractivity contribution < 1.29 is 4.39 Å². The van der Waals surface area contributed by atoms with Gasteiger partial charge in [-0.2, -0.15) is 0 Å². The zero-order valence-corrected chi connectivity index (χ0v) is 13.3. The zero-order chi connectivity index (χ0) is 14.9.